The van der Waals surface area contributed by atoms with Crippen LogP contribution in [-0.2, 0) is 22.4 Å². The average Bonchev–Trinajstić information content (AvgIpc) is 3.06. The van der Waals surface area contributed by atoms with Crippen LogP contribution in [0.1, 0.15) is 53.6 Å². The van der Waals surface area contributed by atoms with Crippen LogP contribution in [0.15, 0.2) is 95.9 Å². The predicted molar refractivity (Wildman–Crippen MR) is 184 cm³/mol. The molecule has 0 unspecified atom stereocenters. The second-order valence-corrected chi connectivity index (χ2v) is 13.3. The molecule has 0 heterocycles. The van der Waals surface area contributed by atoms with Crippen molar-refractivity contribution in [3.05, 3.63) is 118 Å². The van der Waals surface area contributed by atoms with Gasteiger partial charge in [-0.2, -0.15) is 0 Å². The van der Waals surface area contributed by atoms with E-state index in [1.165, 1.54) is 11.6 Å². The minimum absolute atomic E-state index is 0.0302. The van der Waals surface area contributed by atoms with Gasteiger partial charge >= 0.3 is 5.97 Å². The number of amides is 2. The lowest BCUT2D eigenvalue weighted by Gasteiger charge is -2.29. The lowest BCUT2D eigenvalue weighted by molar-refractivity contribution is -0.122. The smallest absolute Gasteiger partial charge is 0.337 e. The summed E-state index contributed by atoms with van der Waals surface area (Å²) >= 11 is 15.0. The molecule has 0 saturated heterocycles. The van der Waals surface area contributed by atoms with E-state index in [0.29, 0.717) is 33.2 Å². The van der Waals surface area contributed by atoms with Gasteiger partial charge in [-0.05, 0) is 79.6 Å². The van der Waals surface area contributed by atoms with Crippen molar-refractivity contribution in [1.82, 2.24) is 5.32 Å². The summed E-state index contributed by atoms with van der Waals surface area (Å²) in [5.41, 5.74) is 2.18. The van der Waals surface area contributed by atoms with Crippen molar-refractivity contribution in [2.75, 3.05) is 5.32 Å². The number of carboxylic acid groups (broad SMARTS) is 1. The molecule has 46 heavy (non-hydrogen) atoms. The van der Waals surface area contributed by atoms with Gasteiger partial charge in [0.1, 0.15) is 16.5 Å². The summed E-state index contributed by atoms with van der Waals surface area (Å²) in [6.45, 7) is 0. The van der Waals surface area contributed by atoms with Crippen LogP contribution < -0.4 is 15.4 Å². The number of carbonyl (C=O) groups excluding carboxylic acids is 2. The van der Waals surface area contributed by atoms with E-state index in [-0.39, 0.29) is 35.5 Å². The summed E-state index contributed by atoms with van der Waals surface area (Å²) in [5, 5.41) is 16.3. The average molecular weight is 678 g/mol. The third kappa shape index (κ3) is 9.28. The van der Waals surface area contributed by atoms with Gasteiger partial charge in [0.05, 0.1) is 22.7 Å². The number of thioether (sulfide) groups is 1. The minimum atomic E-state index is -1.11. The van der Waals surface area contributed by atoms with Crippen LogP contribution in [0.25, 0.3) is 0 Å². The number of carbonyl (C=O) groups is 3. The van der Waals surface area contributed by atoms with Crippen molar-refractivity contribution in [2.24, 2.45) is 0 Å². The highest BCUT2D eigenvalue weighted by Gasteiger charge is 2.25. The zero-order valence-corrected chi connectivity index (χ0v) is 27.3. The Kier molecular flexibility index (Phi) is 11.6. The highest BCUT2D eigenvalue weighted by atomic mass is 35.5. The molecule has 4 aromatic carbocycles. The standard InChI is InChI=1S/C36H34Cl2N2O5S/c37-34-30(45-26-15-10-24(11-16-26)22-33(42)40-29-9-5-4-8-28(29)36(43)44)19-20-31(35(34)38)46-27-17-13-25(14-18-27)39-32(41)21-12-23-6-2-1-3-7-23/h1-11,15-16,19-20,25,27H,12-14,17-18,21-22H2,(H,39,41)(H,40,42)(H,43,44). The quantitative estimate of drug-likeness (QED) is 0.138. The van der Waals surface area contributed by atoms with Crippen molar-refractivity contribution < 1.29 is 24.2 Å². The number of hydrogen-bond donors (Lipinski definition) is 3. The van der Waals surface area contributed by atoms with Crippen LogP contribution in [0.4, 0.5) is 5.69 Å². The molecule has 1 fully saturated rings. The number of anilines is 1. The van der Waals surface area contributed by atoms with Gasteiger partial charge in [-0.15, -0.1) is 11.8 Å². The van der Waals surface area contributed by atoms with Crippen LogP contribution in [0.3, 0.4) is 0 Å². The molecule has 1 aliphatic rings. The molecule has 7 nitrogen and oxygen atoms in total. The highest BCUT2D eigenvalue weighted by Crippen LogP contribution is 2.44. The third-order valence-corrected chi connectivity index (χ3v) is 10.2. The van der Waals surface area contributed by atoms with E-state index in [9.17, 15) is 19.5 Å². The molecule has 0 bridgehead atoms. The number of nitrogens with one attached hydrogen (secondary N) is 2. The number of ether oxygens (including phenoxy) is 1. The maximum atomic E-state index is 12.5. The predicted octanol–water partition coefficient (Wildman–Crippen LogP) is 8.82. The first kappa shape index (κ1) is 33.4. The van der Waals surface area contributed by atoms with Gasteiger partial charge in [0, 0.05) is 22.6 Å². The zero-order valence-electron chi connectivity index (χ0n) is 25.0. The monoisotopic (exact) mass is 676 g/mol. The van der Waals surface area contributed by atoms with Crippen LogP contribution in [0, 0.1) is 0 Å². The lowest BCUT2D eigenvalue weighted by Crippen LogP contribution is -2.38. The van der Waals surface area contributed by atoms with E-state index in [1.54, 1.807) is 60.3 Å². The van der Waals surface area contributed by atoms with Crippen LogP contribution in [0.2, 0.25) is 10.0 Å². The molecule has 0 spiro atoms. The maximum Gasteiger partial charge on any atom is 0.337 e. The summed E-state index contributed by atoms with van der Waals surface area (Å²) in [5.74, 6) is -0.383. The van der Waals surface area contributed by atoms with E-state index >= 15 is 0 Å². The first-order chi connectivity index (χ1) is 22.2. The Morgan fingerprint density at radius 3 is 2.20 bits per heavy atom. The Labute approximate surface area is 282 Å². The molecule has 10 heteroatoms. The highest BCUT2D eigenvalue weighted by molar-refractivity contribution is 8.00. The van der Waals surface area contributed by atoms with Crippen molar-refractivity contribution in [3.8, 4) is 11.5 Å². The Morgan fingerprint density at radius 2 is 1.48 bits per heavy atom. The molecule has 0 radical (unpaired) electrons. The largest absolute Gasteiger partial charge is 0.478 e. The zero-order chi connectivity index (χ0) is 32.5. The number of para-hydroxylation sites is 1. The van der Waals surface area contributed by atoms with Crippen molar-refractivity contribution in [2.45, 2.75) is 61.1 Å². The number of hydrogen-bond acceptors (Lipinski definition) is 5. The molecular formula is C36H34Cl2N2O5S. The molecule has 1 saturated carbocycles. The van der Waals surface area contributed by atoms with Gasteiger partial charge in [0.15, 0.2) is 0 Å². The Balaban J connectivity index is 1.08. The van der Waals surface area contributed by atoms with Gasteiger partial charge in [-0.3, -0.25) is 9.59 Å². The summed E-state index contributed by atoms with van der Waals surface area (Å²) in [7, 11) is 0. The number of aromatic carboxylic acids is 1. The SMILES string of the molecule is O=C(Cc1ccc(Oc2ccc(SC3CCC(NC(=O)CCc4ccccc4)CC3)c(Cl)c2Cl)cc1)Nc1ccccc1C(=O)O. The summed E-state index contributed by atoms with van der Waals surface area (Å²) in [6.07, 6.45) is 5.09. The van der Waals surface area contributed by atoms with Gasteiger partial charge in [-0.1, -0.05) is 77.8 Å². The Bertz CT molecular complexity index is 1680. The van der Waals surface area contributed by atoms with E-state index < -0.39 is 5.97 Å². The topological polar surface area (TPSA) is 105 Å². The lowest BCUT2D eigenvalue weighted by atomic mass is 9.95. The molecule has 0 atom stereocenters. The van der Waals surface area contributed by atoms with Crippen molar-refractivity contribution in [3.63, 3.8) is 0 Å². The molecule has 0 aromatic heterocycles. The van der Waals surface area contributed by atoms with Crippen molar-refractivity contribution in [1.29, 1.82) is 0 Å². The second kappa shape index (κ2) is 16.0. The second-order valence-electron chi connectivity index (χ2n) is 11.2. The molecule has 2 amide bonds. The molecular weight excluding hydrogens is 643 g/mol. The van der Waals surface area contributed by atoms with Crippen LogP contribution in [-0.4, -0.2) is 34.2 Å². The van der Waals surface area contributed by atoms with Gasteiger partial charge < -0.3 is 20.5 Å². The van der Waals surface area contributed by atoms with Gasteiger partial charge in [0.2, 0.25) is 11.8 Å². The number of carboxylic acids is 1. The minimum Gasteiger partial charge on any atom is -0.478 e. The fraction of sp³-hybridized carbons (Fsp3) is 0.250. The van der Waals surface area contributed by atoms with Crippen molar-refractivity contribution >= 4 is 58.4 Å². The molecule has 238 valence electrons. The molecule has 5 rings (SSSR count). The van der Waals surface area contributed by atoms with Gasteiger partial charge in [0.25, 0.3) is 0 Å². The van der Waals surface area contributed by atoms with Crippen LogP contribution in [0.5, 0.6) is 11.5 Å². The maximum absolute atomic E-state index is 12.5. The number of halogens is 2. The number of aryl methyl sites for hydroxylation is 1. The Morgan fingerprint density at radius 1 is 0.783 bits per heavy atom. The summed E-state index contributed by atoms with van der Waals surface area (Å²) in [4.78, 5) is 37.3. The first-order valence-corrected chi connectivity index (χ1v) is 16.8. The Hall–Kier alpha value is -3.98. The number of benzene rings is 4. The number of rotatable bonds is 12. The summed E-state index contributed by atoms with van der Waals surface area (Å²) in [6, 6.07) is 27.2. The molecule has 4 aromatic rings. The van der Waals surface area contributed by atoms with E-state index in [0.717, 1.165) is 42.6 Å². The van der Waals surface area contributed by atoms with E-state index in [4.69, 9.17) is 27.9 Å². The molecule has 3 N–H and O–H groups in total. The molecule has 1 aliphatic carbocycles. The fourth-order valence-electron chi connectivity index (χ4n) is 5.35. The molecule has 0 aliphatic heterocycles. The van der Waals surface area contributed by atoms with Gasteiger partial charge in [-0.25, -0.2) is 4.79 Å². The first-order valence-electron chi connectivity index (χ1n) is 15.1. The van der Waals surface area contributed by atoms with E-state index in [2.05, 4.69) is 10.6 Å². The van der Waals surface area contributed by atoms with E-state index in [1.807, 2.05) is 36.4 Å². The third-order valence-electron chi connectivity index (χ3n) is 7.78. The van der Waals surface area contributed by atoms with Crippen LogP contribution >= 0.6 is 35.0 Å². The summed E-state index contributed by atoms with van der Waals surface area (Å²) < 4.78 is 6.00. The fourth-order valence-corrected chi connectivity index (χ4v) is 7.12. The normalized spacial score (nSPS) is 16.0.